The van der Waals surface area contributed by atoms with E-state index in [0.29, 0.717) is 5.92 Å². The van der Waals surface area contributed by atoms with Gasteiger partial charge >= 0.3 is 0 Å². The van der Waals surface area contributed by atoms with Crippen molar-refractivity contribution >= 4 is 6.08 Å². The second-order valence-corrected chi connectivity index (χ2v) is 4.42. The molecule has 0 N–H and O–H groups in total. The summed E-state index contributed by atoms with van der Waals surface area (Å²) in [5.41, 5.74) is 1.14. The quantitative estimate of drug-likeness (QED) is 0.819. The Morgan fingerprint density at radius 3 is 2.50 bits per heavy atom. The molecule has 0 aliphatic carbocycles. The van der Waals surface area contributed by atoms with E-state index in [0.717, 1.165) is 43.1 Å². The molecule has 0 saturated carbocycles. The first kappa shape index (κ1) is 13.0. The molecule has 0 bridgehead atoms. The van der Waals surface area contributed by atoms with Gasteiger partial charge in [-0.15, -0.1) is 0 Å². The third-order valence-corrected chi connectivity index (χ3v) is 3.23. The summed E-state index contributed by atoms with van der Waals surface area (Å²) in [5, 5.41) is 0. The Balaban J connectivity index is 2.06. The summed E-state index contributed by atoms with van der Waals surface area (Å²) < 4.78 is 15.9. The molecule has 0 unspecified atom stereocenters. The van der Waals surface area contributed by atoms with Gasteiger partial charge < -0.3 is 14.2 Å². The Labute approximate surface area is 108 Å². The van der Waals surface area contributed by atoms with E-state index in [2.05, 4.69) is 12.2 Å². The number of hydrogen-bond acceptors (Lipinski definition) is 3. The predicted octanol–water partition coefficient (Wildman–Crippen LogP) is 3.14. The summed E-state index contributed by atoms with van der Waals surface area (Å²) in [4.78, 5) is 0. The van der Waals surface area contributed by atoms with Crippen LogP contribution in [0.1, 0.15) is 18.4 Å². The van der Waals surface area contributed by atoms with Gasteiger partial charge in [-0.2, -0.15) is 0 Å². The molecule has 1 aromatic carbocycles. The summed E-state index contributed by atoms with van der Waals surface area (Å²) in [6, 6.07) is 5.97. The molecule has 1 aliphatic rings. The van der Waals surface area contributed by atoms with Crippen LogP contribution in [0.3, 0.4) is 0 Å². The molecule has 1 saturated heterocycles. The van der Waals surface area contributed by atoms with Crippen LogP contribution in [0.2, 0.25) is 0 Å². The van der Waals surface area contributed by atoms with Crippen LogP contribution in [0, 0.1) is 5.92 Å². The zero-order valence-corrected chi connectivity index (χ0v) is 11.0. The molecule has 0 radical (unpaired) electrons. The summed E-state index contributed by atoms with van der Waals surface area (Å²) >= 11 is 0. The number of allylic oxidation sites excluding steroid dienone is 1. The highest BCUT2D eigenvalue weighted by Gasteiger charge is 2.10. The second kappa shape index (κ2) is 6.45. The molecule has 18 heavy (non-hydrogen) atoms. The molecular weight excluding hydrogens is 228 g/mol. The molecule has 0 amide bonds. The van der Waals surface area contributed by atoms with E-state index in [4.69, 9.17) is 14.2 Å². The van der Waals surface area contributed by atoms with Crippen molar-refractivity contribution in [3.8, 4) is 11.5 Å². The van der Waals surface area contributed by atoms with Crippen LogP contribution in [-0.2, 0) is 4.74 Å². The van der Waals surface area contributed by atoms with Gasteiger partial charge in [0.15, 0.2) is 11.5 Å². The lowest BCUT2D eigenvalue weighted by Gasteiger charge is -2.18. The zero-order chi connectivity index (χ0) is 12.8. The van der Waals surface area contributed by atoms with Crippen LogP contribution in [0.25, 0.3) is 6.08 Å². The molecule has 0 spiro atoms. The molecule has 1 aromatic rings. The van der Waals surface area contributed by atoms with Crippen LogP contribution in [0.15, 0.2) is 24.3 Å². The predicted molar refractivity (Wildman–Crippen MR) is 72.1 cm³/mol. The molecule has 3 nitrogen and oxygen atoms in total. The Kier molecular flexibility index (Phi) is 4.65. The minimum atomic E-state index is 0.631. The maximum absolute atomic E-state index is 5.35. The molecule has 3 heteroatoms. The fourth-order valence-corrected chi connectivity index (χ4v) is 2.11. The molecule has 1 aliphatic heterocycles. The van der Waals surface area contributed by atoms with Gasteiger partial charge in [0.25, 0.3) is 0 Å². The van der Waals surface area contributed by atoms with Gasteiger partial charge in [-0.05, 0) is 36.5 Å². The van der Waals surface area contributed by atoms with E-state index in [1.807, 2.05) is 18.2 Å². The van der Waals surface area contributed by atoms with Crippen LogP contribution >= 0.6 is 0 Å². The summed E-state index contributed by atoms with van der Waals surface area (Å²) in [6.45, 7) is 1.75. The molecular formula is C15H20O3. The van der Waals surface area contributed by atoms with E-state index in [1.54, 1.807) is 14.2 Å². The smallest absolute Gasteiger partial charge is 0.161 e. The first-order valence-electron chi connectivity index (χ1n) is 6.31. The molecule has 2 rings (SSSR count). The number of rotatable bonds is 4. The van der Waals surface area contributed by atoms with E-state index < -0.39 is 0 Å². The van der Waals surface area contributed by atoms with Crippen molar-refractivity contribution in [3.05, 3.63) is 29.8 Å². The third-order valence-electron chi connectivity index (χ3n) is 3.23. The van der Waals surface area contributed by atoms with Gasteiger partial charge in [0.1, 0.15) is 0 Å². The lowest BCUT2D eigenvalue weighted by molar-refractivity contribution is 0.0787. The van der Waals surface area contributed by atoms with Crippen molar-refractivity contribution in [1.29, 1.82) is 0 Å². The van der Waals surface area contributed by atoms with Gasteiger partial charge in [-0.3, -0.25) is 0 Å². The van der Waals surface area contributed by atoms with Crippen LogP contribution in [0.4, 0.5) is 0 Å². The number of benzene rings is 1. The number of methoxy groups -OCH3 is 2. The minimum absolute atomic E-state index is 0.631. The normalized spacial score (nSPS) is 17.0. The summed E-state index contributed by atoms with van der Waals surface area (Å²) in [6.07, 6.45) is 6.65. The first-order valence-corrected chi connectivity index (χ1v) is 6.31. The fourth-order valence-electron chi connectivity index (χ4n) is 2.11. The van der Waals surface area contributed by atoms with E-state index >= 15 is 0 Å². The Hall–Kier alpha value is -1.48. The average molecular weight is 248 g/mol. The fraction of sp³-hybridized carbons (Fsp3) is 0.467. The third kappa shape index (κ3) is 3.26. The topological polar surface area (TPSA) is 27.7 Å². The second-order valence-electron chi connectivity index (χ2n) is 4.42. The first-order chi connectivity index (χ1) is 8.83. The van der Waals surface area contributed by atoms with Crippen molar-refractivity contribution < 1.29 is 14.2 Å². The van der Waals surface area contributed by atoms with Crippen LogP contribution in [0.5, 0.6) is 11.5 Å². The highest BCUT2D eigenvalue weighted by atomic mass is 16.5. The molecule has 1 fully saturated rings. The Morgan fingerprint density at radius 1 is 1.11 bits per heavy atom. The SMILES string of the molecule is COc1ccc(/C=C/C2CCOCC2)cc1OC. The van der Waals surface area contributed by atoms with Crippen molar-refractivity contribution in [1.82, 2.24) is 0 Å². The molecule has 0 atom stereocenters. The lowest BCUT2D eigenvalue weighted by Crippen LogP contribution is -2.13. The van der Waals surface area contributed by atoms with E-state index in [9.17, 15) is 0 Å². The minimum Gasteiger partial charge on any atom is -0.493 e. The Bertz CT molecular complexity index is 406. The van der Waals surface area contributed by atoms with Crippen molar-refractivity contribution in [2.75, 3.05) is 27.4 Å². The Morgan fingerprint density at radius 2 is 1.83 bits per heavy atom. The maximum atomic E-state index is 5.35. The van der Waals surface area contributed by atoms with Crippen LogP contribution in [-0.4, -0.2) is 27.4 Å². The molecule has 98 valence electrons. The van der Waals surface area contributed by atoms with Gasteiger partial charge in [0, 0.05) is 13.2 Å². The van der Waals surface area contributed by atoms with E-state index in [1.165, 1.54) is 0 Å². The van der Waals surface area contributed by atoms with Crippen molar-refractivity contribution in [3.63, 3.8) is 0 Å². The highest BCUT2D eigenvalue weighted by Crippen LogP contribution is 2.28. The van der Waals surface area contributed by atoms with Crippen molar-refractivity contribution in [2.45, 2.75) is 12.8 Å². The summed E-state index contributed by atoms with van der Waals surface area (Å²) in [7, 11) is 3.30. The average Bonchev–Trinajstić information content (AvgIpc) is 2.45. The number of ether oxygens (including phenoxy) is 3. The zero-order valence-electron chi connectivity index (χ0n) is 11.0. The van der Waals surface area contributed by atoms with E-state index in [-0.39, 0.29) is 0 Å². The van der Waals surface area contributed by atoms with Crippen molar-refractivity contribution in [2.24, 2.45) is 5.92 Å². The van der Waals surface area contributed by atoms with Crippen LogP contribution < -0.4 is 9.47 Å². The maximum Gasteiger partial charge on any atom is 0.161 e. The monoisotopic (exact) mass is 248 g/mol. The van der Waals surface area contributed by atoms with Gasteiger partial charge in [-0.1, -0.05) is 18.2 Å². The molecule has 1 heterocycles. The number of hydrogen-bond donors (Lipinski definition) is 0. The van der Waals surface area contributed by atoms with Gasteiger partial charge in [-0.25, -0.2) is 0 Å². The standard InChI is InChI=1S/C15H20O3/c1-16-14-6-5-13(11-15(14)17-2)4-3-12-7-9-18-10-8-12/h3-6,11-12H,7-10H2,1-2H3/b4-3+. The highest BCUT2D eigenvalue weighted by molar-refractivity contribution is 5.56. The van der Waals surface area contributed by atoms with Gasteiger partial charge in [0.2, 0.25) is 0 Å². The lowest BCUT2D eigenvalue weighted by atomic mass is 9.99. The summed E-state index contributed by atoms with van der Waals surface area (Å²) in [5.74, 6) is 2.17. The molecule has 0 aromatic heterocycles. The van der Waals surface area contributed by atoms with Gasteiger partial charge in [0.05, 0.1) is 14.2 Å². The largest absolute Gasteiger partial charge is 0.493 e.